The number of hydrogen-bond acceptors (Lipinski definition) is 2. The highest BCUT2D eigenvalue weighted by atomic mass is 16.5. The smallest absolute Gasteiger partial charge is 0.262 e. The molecule has 1 amide bonds. The van der Waals surface area contributed by atoms with Gasteiger partial charge in [0.25, 0.3) is 5.91 Å². The Morgan fingerprint density at radius 3 is 2.27 bits per heavy atom. The van der Waals surface area contributed by atoms with Crippen molar-refractivity contribution < 1.29 is 9.53 Å². The molecule has 3 heteroatoms. The number of aryl methyl sites for hydroxylation is 4. The highest BCUT2D eigenvalue weighted by Crippen LogP contribution is 2.22. The number of benzene rings is 2. The van der Waals surface area contributed by atoms with Crippen LogP contribution in [0.25, 0.3) is 0 Å². The first-order valence-corrected chi connectivity index (χ1v) is 7.59. The molecule has 0 heterocycles. The number of carbonyl (C=O) groups is 1. The minimum Gasteiger partial charge on any atom is -0.483 e. The summed E-state index contributed by atoms with van der Waals surface area (Å²) in [6, 6.07) is 11.9. The molecule has 22 heavy (non-hydrogen) atoms. The minimum atomic E-state index is -0.151. The molecule has 2 rings (SSSR count). The molecule has 2 aromatic rings. The van der Waals surface area contributed by atoms with Crippen LogP contribution < -0.4 is 10.1 Å². The maximum Gasteiger partial charge on any atom is 0.262 e. The van der Waals surface area contributed by atoms with Crippen molar-refractivity contribution in [3.63, 3.8) is 0 Å². The molecule has 0 spiro atoms. The van der Waals surface area contributed by atoms with Gasteiger partial charge in [0.2, 0.25) is 0 Å². The first kappa shape index (κ1) is 16.1. The third-order valence-corrected chi connectivity index (χ3v) is 3.80. The van der Waals surface area contributed by atoms with Crippen molar-refractivity contribution in [2.75, 3.05) is 11.9 Å². The molecule has 0 aromatic heterocycles. The Hall–Kier alpha value is -2.29. The van der Waals surface area contributed by atoms with E-state index in [2.05, 4.69) is 25.2 Å². The lowest BCUT2D eigenvalue weighted by atomic mass is 10.1. The molecule has 0 saturated heterocycles. The van der Waals surface area contributed by atoms with Crippen LogP contribution in [0.4, 0.5) is 5.69 Å². The van der Waals surface area contributed by atoms with Gasteiger partial charge in [-0.05, 0) is 67.6 Å². The van der Waals surface area contributed by atoms with E-state index >= 15 is 0 Å². The predicted octanol–water partition coefficient (Wildman–Crippen LogP) is 4.19. The summed E-state index contributed by atoms with van der Waals surface area (Å²) in [4.78, 5) is 12.0. The van der Waals surface area contributed by atoms with Crippen molar-refractivity contribution in [2.45, 2.75) is 34.1 Å². The Morgan fingerprint density at radius 2 is 1.64 bits per heavy atom. The van der Waals surface area contributed by atoms with Crippen molar-refractivity contribution in [3.05, 3.63) is 58.7 Å². The van der Waals surface area contributed by atoms with E-state index in [1.807, 2.05) is 44.2 Å². The van der Waals surface area contributed by atoms with Crippen molar-refractivity contribution in [2.24, 2.45) is 0 Å². The zero-order valence-electron chi connectivity index (χ0n) is 13.7. The summed E-state index contributed by atoms with van der Waals surface area (Å²) < 4.78 is 5.64. The number of anilines is 1. The van der Waals surface area contributed by atoms with Gasteiger partial charge in [-0.1, -0.05) is 25.1 Å². The van der Waals surface area contributed by atoms with Crippen LogP contribution in [0.2, 0.25) is 0 Å². The lowest BCUT2D eigenvalue weighted by Gasteiger charge is -2.12. The molecule has 116 valence electrons. The lowest BCUT2D eigenvalue weighted by molar-refractivity contribution is -0.118. The van der Waals surface area contributed by atoms with Gasteiger partial charge in [-0.15, -0.1) is 0 Å². The molecule has 0 aliphatic rings. The molecular formula is C19H23NO2. The molecule has 0 bridgehead atoms. The van der Waals surface area contributed by atoms with Crippen LogP contribution >= 0.6 is 0 Å². The van der Waals surface area contributed by atoms with E-state index in [0.717, 1.165) is 29.0 Å². The Balaban J connectivity index is 1.93. The Kier molecular flexibility index (Phi) is 5.21. The van der Waals surface area contributed by atoms with Crippen LogP contribution in [0.1, 0.15) is 29.2 Å². The Bertz CT molecular complexity index is 660. The van der Waals surface area contributed by atoms with Crippen molar-refractivity contribution in [1.82, 2.24) is 0 Å². The molecule has 0 radical (unpaired) electrons. The Morgan fingerprint density at radius 1 is 1.00 bits per heavy atom. The molecule has 0 aliphatic carbocycles. The Labute approximate surface area is 132 Å². The number of hydrogen-bond donors (Lipinski definition) is 1. The van der Waals surface area contributed by atoms with Gasteiger partial charge >= 0.3 is 0 Å². The molecule has 2 aromatic carbocycles. The van der Waals surface area contributed by atoms with Crippen LogP contribution in [-0.4, -0.2) is 12.5 Å². The van der Waals surface area contributed by atoms with E-state index in [0.29, 0.717) is 0 Å². The highest BCUT2D eigenvalue weighted by Gasteiger charge is 2.07. The average molecular weight is 297 g/mol. The lowest BCUT2D eigenvalue weighted by Crippen LogP contribution is -2.20. The highest BCUT2D eigenvalue weighted by molar-refractivity contribution is 5.91. The summed E-state index contributed by atoms with van der Waals surface area (Å²) in [6.07, 6.45) is 0.989. The van der Waals surface area contributed by atoms with Gasteiger partial charge in [0, 0.05) is 5.69 Å². The van der Waals surface area contributed by atoms with Crippen LogP contribution in [0, 0.1) is 20.8 Å². The van der Waals surface area contributed by atoms with Crippen LogP contribution in [0.5, 0.6) is 5.75 Å². The van der Waals surface area contributed by atoms with Gasteiger partial charge in [-0.3, -0.25) is 4.79 Å². The number of rotatable bonds is 5. The SMILES string of the molecule is CCc1ccc(NC(=O)COc2cc(C)c(C)cc2C)cc1. The minimum absolute atomic E-state index is 0.0128. The van der Waals surface area contributed by atoms with E-state index in [4.69, 9.17) is 4.74 Å². The van der Waals surface area contributed by atoms with Gasteiger partial charge in [-0.25, -0.2) is 0 Å². The fourth-order valence-electron chi connectivity index (χ4n) is 2.25. The molecule has 3 nitrogen and oxygen atoms in total. The average Bonchev–Trinajstić information content (AvgIpc) is 2.50. The van der Waals surface area contributed by atoms with E-state index in [-0.39, 0.29) is 12.5 Å². The van der Waals surface area contributed by atoms with Crippen molar-refractivity contribution in [3.8, 4) is 5.75 Å². The maximum absolute atomic E-state index is 12.0. The van der Waals surface area contributed by atoms with E-state index < -0.39 is 0 Å². The summed E-state index contributed by atoms with van der Waals surface area (Å²) in [7, 11) is 0. The van der Waals surface area contributed by atoms with Gasteiger partial charge < -0.3 is 10.1 Å². The summed E-state index contributed by atoms with van der Waals surface area (Å²) in [5, 5.41) is 2.84. The maximum atomic E-state index is 12.0. The number of nitrogens with one attached hydrogen (secondary N) is 1. The molecule has 1 N–H and O–H groups in total. The first-order valence-electron chi connectivity index (χ1n) is 7.59. The zero-order chi connectivity index (χ0) is 16.1. The number of amides is 1. The zero-order valence-corrected chi connectivity index (χ0v) is 13.7. The third kappa shape index (κ3) is 4.10. The standard InChI is InChI=1S/C19H23NO2/c1-5-16-6-8-17(9-7-16)20-19(21)12-22-18-11-14(3)13(2)10-15(18)4/h6-11H,5,12H2,1-4H3,(H,20,21). The topological polar surface area (TPSA) is 38.3 Å². The van der Waals surface area contributed by atoms with Gasteiger partial charge in [0.05, 0.1) is 0 Å². The van der Waals surface area contributed by atoms with Gasteiger partial charge in [-0.2, -0.15) is 0 Å². The van der Waals surface area contributed by atoms with E-state index in [1.54, 1.807) is 0 Å². The van der Waals surface area contributed by atoms with Crippen molar-refractivity contribution in [1.29, 1.82) is 0 Å². The largest absolute Gasteiger partial charge is 0.483 e. The van der Waals surface area contributed by atoms with Crippen LogP contribution in [-0.2, 0) is 11.2 Å². The van der Waals surface area contributed by atoms with Gasteiger partial charge in [0.1, 0.15) is 5.75 Å². The molecule has 0 aliphatic heterocycles. The third-order valence-electron chi connectivity index (χ3n) is 3.80. The van der Waals surface area contributed by atoms with Crippen molar-refractivity contribution >= 4 is 11.6 Å². The molecule has 0 atom stereocenters. The fourth-order valence-corrected chi connectivity index (χ4v) is 2.25. The fraction of sp³-hybridized carbons (Fsp3) is 0.316. The summed E-state index contributed by atoms with van der Waals surface area (Å²) >= 11 is 0. The van der Waals surface area contributed by atoms with E-state index in [1.165, 1.54) is 11.1 Å². The normalized spacial score (nSPS) is 10.4. The summed E-state index contributed by atoms with van der Waals surface area (Å²) in [5.41, 5.74) is 5.48. The second kappa shape index (κ2) is 7.12. The van der Waals surface area contributed by atoms with E-state index in [9.17, 15) is 4.79 Å². The predicted molar refractivity (Wildman–Crippen MR) is 90.6 cm³/mol. The second-order valence-corrected chi connectivity index (χ2v) is 5.59. The quantitative estimate of drug-likeness (QED) is 0.898. The summed E-state index contributed by atoms with van der Waals surface area (Å²) in [6.45, 7) is 8.21. The molecular weight excluding hydrogens is 274 g/mol. The summed E-state index contributed by atoms with van der Waals surface area (Å²) in [5.74, 6) is 0.612. The number of ether oxygens (including phenoxy) is 1. The monoisotopic (exact) mass is 297 g/mol. The first-order chi connectivity index (χ1) is 10.5. The molecule has 0 fully saturated rings. The molecule has 0 saturated carbocycles. The molecule has 0 unspecified atom stereocenters. The number of carbonyl (C=O) groups excluding carboxylic acids is 1. The second-order valence-electron chi connectivity index (χ2n) is 5.59. The van der Waals surface area contributed by atoms with Crippen LogP contribution in [0.3, 0.4) is 0 Å². The van der Waals surface area contributed by atoms with Gasteiger partial charge in [0.15, 0.2) is 6.61 Å². The van der Waals surface area contributed by atoms with Crippen LogP contribution in [0.15, 0.2) is 36.4 Å².